The second kappa shape index (κ2) is 8.45. The van der Waals surface area contributed by atoms with Gasteiger partial charge in [0, 0.05) is 0 Å². The van der Waals surface area contributed by atoms with Gasteiger partial charge >= 0.3 is 0 Å². The van der Waals surface area contributed by atoms with Crippen molar-refractivity contribution in [3.63, 3.8) is 0 Å². The van der Waals surface area contributed by atoms with Crippen LogP contribution in [0, 0.1) is 0 Å². The summed E-state index contributed by atoms with van der Waals surface area (Å²) < 4.78 is 0. The van der Waals surface area contributed by atoms with Crippen LogP contribution in [0.5, 0.6) is 0 Å². The van der Waals surface area contributed by atoms with Gasteiger partial charge in [-0.25, -0.2) is 4.89 Å². The van der Waals surface area contributed by atoms with Crippen molar-refractivity contribution in [2.45, 2.75) is 58.0 Å². The van der Waals surface area contributed by atoms with Crippen LogP contribution in [-0.2, 0) is 22.3 Å². The standard InChI is InChI=1S/C29H32O2/c1-28(2)16-17-29(3,4)27-19-24(14-15-26(27)28)25(23-8-6-5-7-9-23)18-21-10-12-22(13-11-21)20-31-30/h5-15,18-19,30H,16-17,20H2,1-4H3. The van der Waals surface area contributed by atoms with Gasteiger partial charge in [-0.05, 0) is 68.7 Å². The Labute approximate surface area is 186 Å². The average Bonchev–Trinajstić information content (AvgIpc) is 2.77. The second-order valence-electron chi connectivity index (χ2n) is 9.97. The van der Waals surface area contributed by atoms with Crippen molar-refractivity contribution in [1.82, 2.24) is 0 Å². The van der Waals surface area contributed by atoms with Crippen LogP contribution in [0.2, 0.25) is 0 Å². The van der Waals surface area contributed by atoms with Crippen molar-refractivity contribution in [3.8, 4) is 0 Å². The molecule has 1 aliphatic rings. The normalized spacial score (nSPS) is 17.3. The lowest BCUT2D eigenvalue weighted by Gasteiger charge is -2.42. The molecule has 0 fully saturated rings. The maximum atomic E-state index is 8.70. The van der Waals surface area contributed by atoms with Gasteiger partial charge in [-0.1, -0.05) is 100 Å². The molecule has 1 aliphatic carbocycles. The predicted molar refractivity (Wildman–Crippen MR) is 129 cm³/mol. The summed E-state index contributed by atoms with van der Waals surface area (Å²) in [5, 5.41) is 8.70. The summed E-state index contributed by atoms with van der Waals surface area (Å²) >= 11 is 0. The van der Waals surface area contributed by atoms with Crippen LogP contribution in [0.4, 0.5) is 0 Å². The molecule has 0 aliphatic heterocycles. The molecule has 2 nitrogen and oxygen atoms in total. The van der Waals surface area contributed by atoms with Crippen molar-refractivity contribution in [1.29, 1.82) is 0 Å². The maximum absolute atomic E-state index is 8.70. The molecule has 0 spiro atoms. The molecule has 1 N–H and O–H groups in total. The Kier molecular flexibility index (Phi) is 5.88. The Morgan fingerprint density at radius 1 is 0.806 bits per heavy atom. The van der Waals surface area contributed by atoms with Gasteiger partial charge in [-0.15, -0.1) is 0 Å². The first-order valence-electron chi connectivity index (χ1n) is 11.1. The summed E-state index contributed by atoms with van der Waals surface area (Å²) in [6, 6.07) is 25.8. The van der Waals surface area contributed by atoms with E-state index in [1.54, 1.807) is 0 Å². The molecule has 4 rings (SSSR count). The molecular weight excluding hydrogens is 380 g/mol. The van der Waals surface area contributed by atoms with E-state index in [-0.39, 0.29) is 17.4 Å². The van der Waals surface area contributed by atoms with Gasteiger partial charge in [-0.3, -0.25) is 5.26 Å². The third kappa shape index (κ3) is 4.51. The van der Waals surface area contributed by atoms with Gasteiger partial charge < -0.3 is 0 Å². The maximum Gasteiger partial charge on any atom is 0.107 e. The van der Waals surface area contributed by atoms with Crippen molar-refractivity contribution < 1.29 is 10.1 Å². The number of rotatable bonds is 5. The van der Waals surface area contributed by atoms with E-state index in [2.05, 4.69) is 99.3 Å². The Balaban J connectivity index is 1.84. The molecule has 3 aromatic carbocycles. The van der Waals surface area contributed by atoms with E-state index in [0.717, 1.165) is 11.1 Å². The summed E-state index contributed by atoms with van der Waals surface area (Å²) in [6.45, 7) is 9.68. The van der Waals surface area contributed by atoms with E-state index >= 15 is 0 Å². The topological polar surface area (TPSA) is 29.5 Å². The molecule has 0 atom stereocenters. The Hall–Kier alpha value is -2.68. The van der Waals surface area contributed by atoms with Crippen LogP contribution < -0.4 is 0 Å². The summed E-state index contributed by atoms with van der Waals surface area (Å²) in [4.78, 5) is 4.26. The van der Waals surface area contributed by atoms with E-state index in [1.807, 2.05) is 12.1 Å². The molecule has 0 bridgehead atoms. The lowest BCUT2D eigenvalue weighted by atomic mass is 9.63. The molecule has 2 heteroatoms. The minimum Gasteiger partial charge on any atom is -0.251 e. The highest BCUT2D eigenvalue weighted by Crippen LogP contribution is 2.46. The third-order valence-electron chi connectivity index (χ3n) is 6.77. The van der Waals surface area contributed by atoms with Gasteiger partial charge in [0.2, 0.25) is 0 Å². The predicted octanol–water partition coefficient (Wildman–Crippen LogP) is 7.61. The van der Waals surface area contributed by atoms with Crippen molar-refractivity contribution in [2.75, 3.05) is 0 Å². The van der Waals surface area contributed by atoms with E-state index < -0.39 is 0 Å². The smallest absolute Gasteiger partial charge is 0.107 e. The minimum absolute atomic E-state index is 0.175. The van der Waals surface area contributed by atoms with Crippen molar-refractivity contribution in [3.05, 3.63) is 106 Å². The minimum atomic E-state index is 0.175. The molecule has 0 heterocycles. The Morgan fingerprint density at radius 2 is 1.45 bits per heavy atom. The molecule has 0 unspecified atom stereocenters. The fourth-order valence-electron chi connectivity index (χ4n) is 4.66. The number of fused-ring (bicyclic) bond motifs is 1. The summed E-state index contributed by atoms with van der Waals surface area (Å²) in [5.74, 6) is 0. The number of hydrogen-bond acceptors (Lipinski definition) is 2. The van der Waals surface area contributed by atoms with Crippen LogP contribution in [0.15, 0.2) is 72.8 Å². The van der Waals surface area contributed by atoms with Crippen LogP contribution in [0.25, 0.3) is 11.6 Å². The monoisotopic (exact) mass is 412 g/mol. The van der Waals surface area contributed by atoms with Gasteiger partial charge in [0.25, 0.3) is 0 Å². The van der Waals surface area contributed by atoms with Crippen LogP contribution in [0.1, 0.15) is 73.9 Å². The molecule has 160 valence electrons. The van der Waals surface area contributed by atoms with Gasteiger partial charge in [0.05, 0.1) is 0 Å². The highest BCUT2D eigenvalue weighted by molar-refractivity contribution is 5.91. The first-order chi connectivity index (χ1) is 14.8. The van der Waals surface area contributed by atoms with Crippen molar-refractivity contribution in [2.24, 2.45) is 0 Å². The molecule has 0 saturated carbocycles. The molecule has 3 aromatic rings. The fraction of sp³-hybridized carbons (Fsp3) is 0.310. The van der Waals surface area contributed by atoms with Crippen molar-refractivity contribution >= 4 is 11.6 Å². The van der Waals surface area contributed by atoms with Gasteiger partial charge in [-0.2, -0.15) is 0 Å². The van der Waals surface area contributed by atoms with Crippen LogP contribution in [-0.4, -0.2) is 5.26 Å². The first-order valence-corrected chi connectivity index (χ1v) is 11.1. The first kappa shape index (κ1) is 21.5. The van der Waals surface area contributed by atoms with Gasteiger partial charge in [0.15, 0.2) is 0 Å². The van der Waals surface area contributed by atoms with E-state index in [9.17, 15) is 0 Å². The van der Waals surface area contributed by atoms with Gasteiger partial charge in [0.1, 0.15) is 6.61 Å². The fourth-order valence-corrected chi connectivity index (χ4v) is 4.66. The molecule has 0 radical (unpaired) electrons. The zero-order chi connectivity index (χ0) is 22.1. The Bertz CT molecular complexity index is 1070. The zero-order valence-electron chi connectivity index (χ0n) is 19.0. The lowest BCUT2D eigenvalue weighted by molar-refractivity contribution is -0.253. The Morgan fingerprint density at radius 3 is 2.10 bits per heavy atom. The lowest BCUT2D eigenvalue weighted by Crippen LogP contribution is -2.33. The largest absolute Gasteiger partial charge is 0.251 e. The summed E-state index contributed by atoms with van der Waals surface area (Å²) in [7, 11) is 0. The zero-order valence-corrected chi connectivity index (χ0v) is 19.0. The highest BCUT2D eigenvalue weighted by atomic mass is 17.1. The highest BCUT2D eigenvalue weighted by Gasteiger charge is 2.37. The molecule has 31 heavy (non-hydrogen) atoms. The molecule has 0 saturated heterocycles. The number of benzene rings is 3. The quantitative estimate of drug-likeness (QED) is 0.265. The second-order valence-corrected chi connectivity index (χ2v) is 9.97. The SMILES string of the molecule is CC1(C)CCC(C)(C)c2cc(C(=Cc3ccc(COO)cc3)c3ccccc3)ccc21. The van der Waals surface area contributed by atoms with Crippen LogP contribution in [0.3, 0.4) is 0 Å². The third-order valence-corrected chi connectivity index (χ3v) is 6.77. The molecule has 0 aromatic heterocycles. The molecule has 0 amide bonds. The van der Waals surface area contributed by atoms with E-state index in [0.29, 0.717) is 0 Å². The number of hydrogen-bond donors (Lipinski definition) is 1. The van der Waals surface area contributed by atoms with Crippen LogP contribution >= 0.6 is 0 Å². The van der Waals surface area contributed by atoms with E-state index in [1.165, 1.54) is 40.7 Å². The van der Waals surface area contributed by atoms with E-state index in [4.69, 9.17) is 5.26 Å². The average molecular weight is 413 g/mol. The summed E-state index contributed by atoms with van der Waals surface area (Å²) in [6.07, 6.45) is 4.68. The molecular formula is C29H32O2. The summed E-state index contributed by atoms with van der Waals surface area (Å²) in [5.41, 5.74) is 9.08.